The predicted octanol–water partition coefficient (Wildman–Crippen LogP) is 5.88. The third kappa shape index (κ3) is 6.57. The number of methoxy groups -OCH3 is 1. The fourth-order valence-corrected chi connectivity index (χ4v) is 7.50. The smallest absolute Gasteiger partial charge is 0.160 e. The Bertz CT molecular complexity index is 1510. The van der Waals surface area contributed by atoms with Crippen molar-refractivity contribution in [2.24, 2.45) is 11.8 Å². The van der Waals surface area contributed by atoms with Crippen LogP contribution in [0.15, 0.2) is 60.7 Å². The molecule has 2 aliphatic carbocycles. The minimum Gasteiger partial charge on any atom is -0.504 e. The molecular weight excluding hydrogens is 556 g/mol. The first-order chi connectivity index (χ1) is 21.3. The summed E-state index contributed by atoms with van der Waals surface area (Å²) < 4.78 is 5.40. The number of carbonyl (C=O) groups excluding carboxylic acids is 1. The molecule has 0 bridgehead atoms. The van der Waals surface area contributed by atoms with Crippen LogP contribution in [0.1, 0.15) is 79.5 Å². The predicted molar refractivity (Wildman–Crippen MR) is 168 cm³/mol. The molecule has 0 amide bonds. The fourth-order valence-electron chi connectivity index (χ4n) is 7.50. The van der Waals surface area contributed by atoms with Crippen LogP contribution in [-0.4, -0.2) is 44.5 Å². The van der Waals surface area contributed by atoms with Crippen molar-refractivity contribution in [2.45, 2.75) is 81.8 Å². The number of aromatic hydroxyl groups is 3. The number of Topliss-reactive ketones (excluding diaryl/α,β-unsaturated/α-hetero) is 1. The van der Waals surface area contributed by atoms with E-state index in [2.05, 4.69) is 11.8 Å². The molecule has 0 heterocycles. The summed E-state index contributed by atoms with van der Waals surface area (Å²) in [5, 5.41) is 52.9. The highest BCUT2D eigenvalue weighted by atomic mass is 16.5. The van der Waals surface area contributed by atoms with Gasteiger partial charge in [0.1, 0.15) is 5.78 Å². The Hall–Kier alpha value is -3.99. The Balaban J connectivity index is 1.61. The second-order valence-corrected chi connectivity index (χ2v) is 12.3. The number of benzene rings is 3. The van der Waals surface area contributed by atoms with E-state index in [1.807, 2.05) is 36.4 Å². The summed E-state index contributed by atoms with van der Waals surface area (Å²) in [6.45, 7) is -0.324. The first kappa shape index (κ1) is 31.4. The van der Waals surface area contributed by atoms with Gasteiger partial charge in [0.25, 0.3) is 0 Å². The van der Waals surface area contributed by atoms with Gasteiger partial charge in [-0.1, -0.05) is 61.6 Å². The quantitative estimate of drug-likeness (QED) is 0.170. The van der Waals surface area contributed by atoms with E-state index in [-0.39, 0.29) is 60.1 Å². The maximum Gasteiger partial charge on any atom is 0.160 e. The minimum atomic E-state index is -0.955. The van der Waals surface area contributed by atoms with Crippen molar-refractivity contribution in [3.63, 3.8) is 0 Å². The molecule has 5 N–H and O–H groups in total. The van der Waals surface area contributed by atoms with Crippen molar-refractivity contribution in [1.82, 2.24) is 0 Å². The molecule has 2 aliphatic rings. The number of aliphatic hydroxyl groups excluding tert-OH is 2. The Morgan fingerprint density at radius 2 is 1.66 bits per heavy atom. The SMILES string of the molecule is COc1cc([C@@H]2CC(=O)C[C@H](O)[C@H](C3(c4ccc(O)c(O)c4)CCCCC3)CC#C[C@H]2Cc2ccccc2)c(CO)cc1O. The van der Waals surface area contributed by atoms with Crippen LogP contribution in [0.4, 0.5) is 0 Å². The van der Waals surface area contributed by atoms with Crippen LogP contribution in [0.2, 0.25) is 0 Å². The third-order valence-electron chi connectivity index (χ3n) is 9.76. The molecule has 4 atom stereocenters. The summed E-state index contributed by atoms with van der Waals surface area (Å²) in [5.41, 5.74) is 2.62. The Kier molecular flexibility index (Phi) is 9.83. The molecule has 7 nitrogen and oxygen atoms in total. The maximum absolute atomic E-state index is 13.9. The number of aliphatic hydroxyl groups is 2. The molecule has 232 valence electrons. The van der Waals surface area contributed by atoms with Crippen LogP contribution >= 0.6 is 0 Å². The summed E-state index contributed by atoms with van der Waals surface area (Å²) in [6.07, 6.45) is 4.60. The van der Waals surface area contributed by atoms with Gasteiger partial charge in [0, 0.05) is 42.4 Å². The van der Waals surface area contributed by atoms with E-state index in [4.69, 9.17) is 4.74 Å². The van der Waals surface area contributed by atoms with Gasteiger partial charge >= 0.3 is 0 Å². The Morgan fingerprint density at radius 3 is 2.34 bits per heavy atom. The molecule has 7 heteroatoms. The molecule has 0 unspecified atom stereocenters. The van der Waals surface area contributed by atoms with Gasteiger partial charge < -0.3 is 30.3 Å². The monoisotopic (exact) mass is 598 g/mol. The third-order valence-corrected chi connectivity index (χ3v) is 9.76. The highest BCUT2D eigenvalue weighted by Gasteiger charge is 2.45. The summed E-state index contributed by atoms with van der Waals surface area (Å²) in [7, 11) is 1.46. The fraction of sp³-hybridized carbons (Fsp3) is 0.432. The van der Waals surface area contributed by atoms with Crippen molar-refractivity contribution in [2.75, 3.05) is 7.11 Å². The van der Waals surface area contributed by atoms with Gasteiger partial charge in [0.2, 0.25) is 0 Å². The van der Waals surface area contributed by atoms with Gasteiger partial charge in [0.15, 0.2) is 23.0 Å². The Morgan fingerprint density at radius 1 is 0.909 bits per heavy atom. The average Bonchev–Trinajstić information content (AvgIpc) is 3.03. The van der Waals surface area contributed by atoms with Crippen LogP contribution in [0.5, 0.6) is 23.0 Å². The number of hydrogen-bond donors (Lipinski definition) is 5. The number of carbonyl (C=O) groups is 1. The number of ketones is 1. The highest BCUT2D eigenvalue weighted by molar-refractivity contribution is 5.80. The zero-order valence-electron chi connectivity index (χ0n) is 25.2. The number of phenols is 3. The van der Waals surface area contributed by atoms with Crippen LogP contribution in [-0.2, 0) is 23.2 Å². The second-order valence-electron chi connectivity index (χ2n) is 12.3. The van der Waals surface area contributed by atoms with Crippen molar-refractivity contribution in [3.8, 4) is 34.8 Å². The first-order valence-electron chi connectivity index (χ1n) is 15.5. The zero-order valence-corrected chi connectivity index (χ0v) is 25.2. The van der Waals surface area contributed by atoms with Gasteiger partial charge in [-0.2, -0.15) is 0 Å². The van der Waals surface area contributed by atoms with Gasteiger partial charge in [-0.25, -0.2) is 0 Å². The van der Waals surface area contributed by atoms with Crippen LogP contribution < -0.4 is 4.74 Å². The van der Waals surface area contributed by atoms with Gasteiger partial charge in [0.05, 0.1) is 19.8 Å². The zero-order chi connectivity index (χ0) is 31.3. The van der Waals surface area contributed by atoms with Crippen molar-refractivity contribution < 1.29 is 35.1 Å². The van der Waals surface area contributed by atoms with Gasteiger partial charge in [-0.15, -0.1) is 5.92 Å². The molecule has 0 radical (unpaired) electrons. The molecule has 1 fully saturated rings. The molecular formula is C37H42O7. The van der Waals surface area contributed by atoms with E-state index in [1.165, 1.54) is 19.2 Å². The van der Waals surface area contributed by atoms with Gasteiger partial charge in [-0.05, 0) is 65.8 Å². The van der Waals surface area contributed by atoms with E-state index in [0.717, 1.165) is 43.2 Å². The molecule has 5 rings (SSSR count). The summed E-state index contributed by atoms with van der Waals surface area (Å²) in [4.78, 5) is 13.9. The summed E-state index contributed by atoms with van der Waals surface area (Å²) in [6, 6.07) is 18.1. The number of phenolic OH excluding ortho intramolecular Hbond substituents is 3. The van der Waals surface area contributed by atoms with Crippen LogP contribution in [0.3, 0.4) is 0 Å². The van der Waals surface area contributed by atoms with E-state index in [0.29, 0.717) is 24.0 Å². The van der Waals surface area contributed by atoms with Crippen LogP contribution in [0.25, 0.3) is 0 Å². The van der Waals surface area contributed by atoms with E-state index < -0.39 is 17.4 Å². The normalized spacial score (nSPS) is 23.8. The van der Waals surface area contributed by atoms with Crippen LogP contribution in [0, 0.1) is 23.7 Å². The number of ether oxygens (including phenoxy) is 1. The standard InChI is InChI=1S/C37H42O7/c1-44-36-22-30(26(23-38)18-35(36)43)29-20-28(39)21-33(41)31(12-8-11-25(29)17-24-9-4-2-5-10-24)37(15-6-3-7-16-37)27-13-14-32(40)34(42)19-27/h2,4-5,9-10,13-14,18-19,22,25,29,31,33,38,40-43H,3,6-7,12,15-17,20-21,23H2,1H3/t25-,29+,31+,33-/m0/s1. The molecule has 0 spiro atoms. The Labute approximate surface area is 259 Å². The maximum atomic E-state index is 13.9. The molecule has 0 aliphatic heterocycles. The molecule has 0 saturated heterocycles. The lowest BCUT2D eigenvalue weighted by Crippen LogP contribution is -2.44. The molecule has 3 aromatic rings. The van der Waals surface area contributed by atoms with Crippen molar-refractivity contribution >= 4 is 5.78 Å². The number of hydrogen-bond acceptors (Lipinski definition) is 7. The highest BCUT2D eigenvalue weighted by Crippen LogP contribution is 2.50. The minimum absolute atomic E-state index is 0.0452. The van der Waals surface area contributed by atoms with Crippen molar-refractivity contribution in [1.29, 1.82) is 0 Å². The second kappa shape index (κ2) is 13.8. The molecule has 44 heavy (non-hydrogen) atoms. The molecule has 0 aromatic heterocycles. The van der Waals surface area contributed by atoms with E-state index in [1.54, 1.807) is 12.1 Å². The average molecular weight is 599 g/mol. The lowest BCUT2D eigenvalue weighted by molar-refractivity contribution is -0.123. The molecule has 3 aromatic carbocycles. The summed E-state index contributed by atoms with van der Waals surface area (Å²) >= 11 is 0. The number of rotatable bonds is 7. The van der Waals surface area contributed by atoms with Gasteiger partial charge in [-0.3, -0.25) is 4.79 Å². The van der Waals surface area contributed by atoms with E-state index >= 15 is 0 Å². The van der Waals surface area contributed by atoms with E-state index in [9.17, 15) is 30.3 Å². The first-order valence-corrected chi connectivity index (χ1v) is 15.5. The van der Waals surface area contributed by atoms with Crippen molar-refractivity contribution in [3.05, 3.63) is 82.9 Å². The topological polar surface area (TPSA) is 127 Å². The summed E-state index contributed by atoms with van der Waals surface area (Å²) in [5.74, 6) is 5.56. The lowest BCUT2D eigenvalue weighted by atomic mass is 9.59. The lowest BCUT2D eigenvalue weighted by Gasteiger charge is -2.46. The largest absolute Gasteiger partial charge is 0.504 e. The molecule has 1 saturated carbocycles.